The number of ether oxygens (including phenoxy) is 1. The first-order valence-electron chi connectivity index (χ1n) is 6.68. The zero-order valence-corrected chi connectivity index (χ0v) is 13.5. The predicted molar refractivity (Wildman–Crippen MR) is 84.5 cm³/mol. The van der Waals surface area contributed by atoms with Gasteiger partial charge in [0.05, 0.1) is 11.5 Å². The van der Waals surface area contributed by atoms with Crippen molar-refractivity contribution in [1.82, 2.24) is 0 Å². The summed E-state index contributed by atoms with van der Waals surface area (Å²) in [4.78, 5) is 12.3. The average molecular weight is 339 g/mol. The molecular weight excluding hydrogens is 324 g/mol. The van der Waals surface area contributed by atoms with Crippen molar-refractivity contribution in [3.63, 3.8) is 0 Å². The Morgan fingerprint density at radius 1 is 1.09 bits per heavy atom. The third-order valence-corrected chi connectivity index (χ3v) is 5.32. The van der Waals surface area contributed by atoms with Gasteiger partial charge in [0.1, 0.15) is 0 Å². The molecule has 116 valence electrons. The smallest absolute Gasteiger partial charge is 0.329 e. The second-order valence-electron chi connectivity index (χ2n) is 4.54. The van der Waals surface area contributed by atoms with Crippen LogP contribution in [0.2, 0.25) is 5.02 Å². The summed E-state index contributed by atoms with van der Waals surface area (Å²) in [5.41, 5.74) is 0.326. The molecule has 0 amide bonds. The zero-order valence-electron chi connectivity index (χ0n) is 11.9. The van der Waals surface area contributed by atoms with Gasteiger partial charge in [0.15, 0.2) is 15.1 Å². The van der Waals surface area contributed by atoms with Crippen LogP contribution in [0.15, 0.2) is 59.5 Å². The summed E-state index contributed by atoms with van der Waals surface area (Å²) in [6, 6.07) is 14.0. The van der Waals surface area contributed by atoms with E-state index in [1.165, 1.54) is 24.3 Å². The summed E-state index contributed by atoms with van der Waals surface area (Å²) >= 11 is 5.82. The number of benzene rings is 2. The van der Waals surface area contributed by atoms with E-state index < -0.39 is 21.1 Å². The van der Waals surface area contributed by atoms with Gasteiger partial charge < -0.3 is 4.74 Å². The van der Waals surface area contributed by atoms with Gasteiger partial charge in [0.25, 0.3) is 0 Å². The Labute approximate surface area is 134 Å². The number of esters is 1. The number of halogens is 1. The number of hydrogen-bond acceptors (Lipinski definition) is 4. The van der Waals surface area contributed by atoms with Crippen LogP contribution in [0.3, 0.4) is 0 Å². The topological polar surface area (TPSA) is 60.4 Å². The fourth-order valence-electron chi connectivity index (χ4n) is 2.04. The number of carbonyl (C=O) groups excluding carboxylic acids is 1. The van der Waals surface area contributed by atoms with E-state index in [1.807, 2.05) is 0 Å². The van der Waals surface area contributed by atoms with Crippen LogP contribution in [0, 0.1) is 0 Å². The summed E-state index contributed by atoms with van der Waals surface area (Å²) in [6.45, 7) is 1.74. The van der Waals surface area contributed by atoms with E-state index in [2.05, 4.69) is 0 Å². The lowest BCUT2D eigenvalue weighted by Gasteiger charge is -2.17. The number of carbonyl (C=O) groups is 1. The highest BCUT2D eigenvalue weighted by Crippen LogP contribution is 2.30. The molecule has 0 aliphatic rings. The first-order valence-corrected chi connectivity index (χ1v) is 8.60. The van der Waals surface area contributed by atoms with Crippen molar-refractivity contribution in [2.45, 2.75) is 17.1 Å². The lowest BCUT2D eigenvalue weighted by atomic mass is 10.1. The minimum Gasteiger partial charge on any atom is -0.465 e. The minimum atomic E-state index is -3.91. The van der Waals surface area contributed by atoms with Crippen molar-refractivity contribution >= 4 is 27.4 Å². The van der Waals surface area contributed by atoms with Crippen LogP contribution in [0.5, 0.6) is 0 Å². The Hall–Kier alpha value is -1.85. The number of hydrogen-bond donors (Lipinski definition) is 0. The molecule has 0 aliphatic carbocycles. The fourth-order valence-corrected chi connectivity index (χ4v) is 3.82. The monoisotopic (exact) mass is 338 g/mol. The van der Waals surface area contributed by atoms with Crippen molar-refractivity contribution in [3.8, 4) is 0 Å². The van der Waals surface area contributed by atoms with Crippen LogP contribution >= 0.6 is 11.6 Å². The van der Waals surface area contributed by atoms with Crippen LogP contribution in [0.4, 0.5) is 0 Å². The molecule has 2 aromatic carbocycles. The standard InChI is InChI=1S/C16H15ClO4S/c1-2-21-16(18)15(12-8-10-13(17)11-9-12)22(19,20)14-6-4-3-5-7-14/h3-11,15H,2H2,1H3. The van der Waals surface area contributed by atoms with Crippen LogP contribution in [0.1, 0.15) is 17.7 Å². The molecule has 4 nitrogen and oxygen atoms in total. The van der Waals surface area contributed by atoms with E-state index in [0.29, 0.717) is 10.6 Å². The van der Waals surface area contributed by atoms with Gasteiger partial charge in [-0.25, -0.2) is 8.42 Å². The molecule has 0 aromatic heterocycles. The molecule has 1 atom stereocenters. The van der Waals surface area contributed by atoms with Crippen molar-refractivity contribution in [2.75, 3.05) is 6.61 Å². The van der Waals surface area contributed by atoms with Gasteiger partial charge in [0, 0.05) is 5.02 Å². The van der Waals surface area contributed by atoms with Crippen molar-refractivity contribution in [2.24, 2.45) is 0 Å². The average Bonchev–Trinajstić information content (AvgIpc) is 2.50. The molecular formula is C16H15ClO4S. The summed E-state index contributed by atoms with van der Waals surface area (Å²) in [6.07, 6.45) is 0. The molecule has 0 N–H and O–H groups in total. The van der Waals surface area contributed by atoms with Crippen molar-refractivity contribution < 1.29 is 17.9 Å². The summed E-state index contributed by atoms with van der Waals surface area (Å²) in [5.74, 6) is -0.798. The Kier molecular flexibility index (Phi) is 5.21. The van der Waals surface area contributed by atoms with Crippen LogP contribution in [-0.4, -0.2) is 21.0 Å². The molecule has 0 aliphatic heterocycles. The van der Waals surface area contributed by atoms with Gasteiger partial charge in [-0.2, -0.15) is 0 Å². The van der Waals surface area contributed by atoms with E-state index >= 15 is 0 Å². The highest BCUT2D eigenvalue weighted by atomic mass is 35.5. The third kappa shape index (κ3) is 3.48. The van der Waals surface area contributed by atoms with Gasteiger partial charge in [-0.3, -0.25) is 4.79 Å². The Morgan fingerprint density at radius 2 is 1.68 bits per heavy atom. The molecule has 0 saturated carbocycles. The summed E-state index contributed by atoms with van der Waals surface area (Å²) < 4.78 is 30.5. The quantitative estimate of drug-likeness (QED) is 0.784. The van der Waals surface area contributed by atoms with Gasteiger partial charge in [0.2, 0.25) is 0 Å². The number of rotatable bonds is 5. The van der Waals surface area contributed by atoms with E-state index in [0.717, 1.165) is 0 Å². The minimum absolute atomic E-state index is 0.0722. The molecule has 0 radical (unpaired) electrons. The SMILES string of the molecule is CCOC(=O)C(c1ccc(Cl)cc1)S(=O)(=O)c1ccccc1. The molecule has 0 spiro atoms. The second kappa shape index (κ2) is 6.94. The maximum absolute atomic E-state index is 12.8. The van der Waals surface area contributed by atoms with E-state index in [9.17, 15) is 13.2 Å². The normalized spacial score (nSPS) is 12.6. The molecule has 0 fully saturated rings. The van der Waals surface area contributed by atoms with Gasteiger partial charge in [-0.1, -0.05) is 41.9 Å². The first-order chi connectivity index (χ1) is 10.5. The highest BCUT2D eigenvalue weighted by Gasteiger charge is 2.36. The van der Waals surface area contributed by atoms with Crippen molar-refractivity contribution in [3.05, 3.63) is 65.2 Å². The Bertz CT molecular complexity index is 739. The largest absolute Gasteiger partial charge is 0.465 e. The Balaban J connectivity index is 2.54. The van der Waals surface area contributed by atoms with E-state index in [1.54, 1.807) is 37.3 Å². The van der Waals surface area contributed by atoms with Crippen LogP contribution < -0.4 is 0 Å². The highest BCUT2D eigenvalue weighted by molar-refractivity contribution is 7.92. The molecule has 0 heterocycles. The van der Waals surface area contributed by atoms with Gasteiger partial charge in [-0.05, 0) is 36.8 Å². The fraction of sp³-hybridized carbons (Fsp3) is 0.188. The maximum atomic E-state index is 12.8. The van der Waals surface area contributed by atoms with Gasteiger partial charge in [-0.15, -0.1) is 0 Å². The summed E-state index contributed by atoms with van der Waals surface area (Å²) in [7, 11) is -3.91. The number of sulfone groups is 1. The molecule has 6 heteroatoms. The first kappa shape index (κ1) is 16.5. The van der Waals surface area contributed by atoms with E-state index in [-0.39, 0.29) is 11.5 Å². The van der Waals surface area contributed by atoms with Gasteiger partial charge >= 0.3 is 5.97 Å². The molecule has 0 bridgehead atoms. The lowest BCUT2D eigenvalue weighted by Crippen LogP contribution is -2.24. The van der Waals surface area contributed by atoms with E-state index in [4.69, 9.17) is 16.3 Å². The zero-order chi connectivity index (χ0) is 16.2. The molecule has 2 aromatic rings. The maximum Gasteiger partial charge on any atom is 0.329 e. The molecule has 1 unspecified atom stereocenters. The second-order valence-corrected chi connectivity index (χ2v) is 7.01. The molecule has 0 saturated heterocycles. The lowest BCUT2D eigenvalue weighted by molar-refractivity contribution is -0.142. The molecule has 2 rings (SSSR count). The predicted octanol–water partition coefficient (Wildman–Crippen LogP) is 3.42. The molecule has 22 heavy (non-hydrogen) atoms. The Morgan fingerprint density at radius 3 is 2.23 bits per heavy atom. The third-order valence-electron chi connectivity index (χ3n) is 3.06. The summed E-state index contributed by atoms with van der Waals surface area (Å²) in [5, 5.41) is -0.949. The van der Waals surface area contributed by atoms with Crippen LogP contribution in [-0.2, 0) is 19.4 Å². The van der Waals surface area contributed by atoms with Crippen LogP contribution in [0.25, 0.3) is 0 Å². The van der Waals surface area contributed by atoms with Crippen molar-refractivity contribution in [1.29, 1.82) is 0 Å².